The molecule has 0 aromatic carbocycles. The SMILES string of the molecule is O=S(=O)(NCc1nccs1)c1cc(CO)oc1Br. The van der Waals surface area contributed by atoms with E-state index in [0.717, 1.165) is 0 Å². The van der Waals surface area contributed by atoms with E-state index in [9.17, 15) is 8.42 Å². The van der Waals surface area contributed by atoms with Crippen LogP contribution in [0.15, 0.2) is 31.6 Å². The maximum absolute atomic E-state index is 12.0. The second-order valence-electron chi connectivity index (χ2n) is 3.26. The first-order chi connectivity index (χ1) is 8.53. The van der Waals surface area contributed by atoms with Crippen molar-refractivity contribution in [3.05, 3.63) is 33.1 Å². The van der Waals surface area contributed by atoms with E-state index >= 15 is 0 Å². The van der Waals surface area contributed by atoms with Gasteiger partial charge >= 0.3 is 0 Å². The van der Waals surface area contributed by atoms with Gasteiger partial charge in [0.05, 0.1) is 6.54 Å². The molecule has 6 nitrogen and oxygen atoms in total. The van der Waals surface area contributed by atoms with E-state index in [-0.39, 0.29) is 28.5 Å². The summed E-state index contributed by atoms with van der Waals surface area (Å²) >= 11 is 4.36. The van der Waals surface area contributed by atoms with Crippen LogP contribution in [0.5, 0.6) is 0 Å². The minimum atomic E-state index is -3.69. The van der Waals surface area contributed by atoms with E-state index in [2.05, 4.69) is 25.6 Å². The summed E-state index contributed by atoms with van der Waals surface area (Å²) < 4.78 is 31.4. The number of halogens is 1. The summed E-state index contributed by atoms with van der Waals surface area (Å²) in [7, 11) is -3.69. The van der Waals surface area contributed by atoms with Crippen LogP contribution in [0.1, 0.15) is 10.8 Å². The Hall–Kier alpha value is -0.740. The minimum Gasteiger partial charge on any atom is -0.450 e. The number of rotatable bonds is 5. The molecule has 2 N–H and O–H groups in total. The van der Waals surface area contributed by atoms with Crippen LogP contribution in [0.25, 0.3) is 0 Å². The van der Waals surface area contributed by atoms with Crippen LogP contribution in [-0.4, -0.2) is 18.5 Å². The van der Waals surface area contributed by atoms with Crippen molar-refractivity contribution in [3.63, 3.8) is 0 Å². The average Bonchev–Trinajstić information content (AvgIpc) is 2.95. The highest BCUT2D eigenvalue weighted by Crippen LogP contribution is 2.26. The van der Waals surface area contributed by atoms with Crippen LogP contribution in [0.4, 0.5) is 0 Å². The molecule has 0 bridgehead atoms. The summed E-state index contributed by atoms with van der Waals surface area (Å²) in [5.41, 5.74) is 0. The van der Waals surface area contributed by atoms with Gasteiger partial charge in [-0.1, -0.05) is 0 Å². The van der Waals surface area contributed by atoms with E-state index in [4.69, 9.17) is 9.52 Å². The van der Waals surface area contributed by atoms with Gasteiger partial charge in [0.1, 0.15) is 22.3 Å². The van der Waals surface area contributed by atoms with Gasteiger partial charge in [-0.3, -0.25) is 0 Å². The molecule has 0 fully saturated rings. The number of hydrogen-bond acceptors (Lipinski definition) is 6. The summed E-state index contributed by atoms with van der Waals surface area (Å²) in [5.74, 6) is 0.177. The number of nitrogens with one attached hydrogen (secondary N) is 1. The number of aliphatic hydroxyl groups is 1. The van der Waals surface area contributed by atoms with E-state index in [1.54, 1.807) is 11.6 Å². The Morgan fingerprint density at radius 2 is 2.33 bits per heavy atom. The average molecular weight is 353 g/mol. The van der Waals surface area contributed by atoms with Crippen molar-refractivity contribution in [1.29, 1.82) is 0 Å². The fourth-order valence-electron chi connectivity index (χ4n) is 1.23. The van der Waals surface area contributed by atoms with Gasteiger partial charge in [0.25, 0.3) is 0 Å². The standard InChI is InChI=1S/C9H9BrN2O4S2/c10-9-7(3-6(5-13)16-9)18(14,15)12-4-8-11-1-2-17-8/h1-3,12-13H,4-5H2. The van der Waals surface area contributed by atoms with Gasteiger partial charge in [0.15, 0.2) is 4.67 Å². The Balaban J connectivity index is 2.17. The highest BCUT2D eigenvalue weighted by Gasteiger charge is 2.22. The smallest absolute Gasteiger partial charge is 0.245 e. The molecule has 0 aliphatic rings. The Labute approximate surface area is 116 Å². The van der Waals surface area contributed by atoms with Crippen molar-refractivity contribution in [2.75, 3.05) is 0 Å². The predicted octanol–water partition coefficient (Wildman–Crippen LogP) is 1.47. The maximum atomic E-state index is 12.0. The summed E-state index contributed by atoms with van der Waals surface area (Å²) in [6, 6.07) is 1.27. The summed E-state index contributed by atoms with van der Waals surface area (Å²) in [6.45, 7) is -0.243. The van der Waals surface area contributed by atoms with Crippen LogP contribution >= 0.6 is 27.3 Å². The van der Waals surface area contributed by atoms with Crippen LogP contribution < -0.4 is 4.72 Å². The molecule has 0 aliphatic heterocycles. The molecule has 0 saturated carbocycles. The molecule has 0 radical (unpaired) electrons. The molecule has 2 aromatic heterocycles. The second kappa shape index (κ2) is 5.49. The van der Waals surface area contributed by atoms with Crippen molar-refractivity contribution in [1.82, 2.24) is 9.71 Å². The monoisotopic (exact) mass is 352 g/mol. The zero-order valence-corrected chi connectivity index (χ0v) is 12.2. The molecule has 9 heteroatoms. The zero-order chi connectivity index (χ0) is 13.2. The van der Waals surface area contributed by atoms with Crippen LogP contribution in [-0.2, 0) is 23.2 Å². The molecule has 0 saturated heterocycles. The van der Waals surface area contributed by atoms with Crippen molar-refractivity contribution in [3.8, 4) is 0 Å². The number of aromatic nitrogens is 1. The number of furan rings is 1. The Morgan fingerprint density at radius 3 is 2.89 bits per heavy atom. The van der Waals surface area contributed by atoms with E-state index in [0.29, 0.717) is 5.01 Å². The number of sulfonamides is 1. The van der Waals surface area contributed by atoms with Crippen LogP contribution in [0, 0.1) is 0 Å². The van der Waals surface area contributed by atoms with E-state index in [1.165, 1.54) is 17.4 Å². The van der Waals surface area contributed by atoms with E-state index in [1.807, 2.05) is 0 Å². The largest absolute Gasteiger partial charge is 0.450 e. The second-order valence-corrected chi connectivity index (χ2v) is 6.69. The minimum absolute atomic E-state index is 0.0388. The summed E-state index contributed by atoms with van der Waals surface area (Å²) in [5, 5.41) is 11.3. The number of hydrogen-bond donors (Lipinski definition) is 2. The number of aliphatic hydroxyl groups excluding tert-OH is 1. The Kier molecular flexibility index (Phi) is 4.17. The molecule has 0 aliphatic carbocycles. The van der Waals surface area contributed by atoms with Gasteiger partial charge < -0.3 is 9.52 Å². The molecular formula is C9H9BrN2O4S2. The molecule has 0 spiro atoms. The third kappa shape index (κ3) is 2.98. The topological polar surface area (TPSA) is 92.4 Å². The van der Waals surface area contributed by atoms with Gasteiger partial charge in [-0.2, -0.15) is 0 Å². The normalized spacial score (nSPS) is 11.9. The molecule has 2 heterocycles. The van der Waals surface area contributed by atoms with Gasteiger partial charge in [0, 0.05) is 17.6 Å². The summed E-state index contributed by atoms with van der Waals surface area (Å²) in [6.07, 6.45) is 1.60. The number of nitrogens with zero attached hydrogens (tertiary/aromatic N) is 1. The fraction of sp³-hybridized carbons (Fsp3) is 0.222. The van der Waals surface area contributed by atoms with Crippen molar-refractivity contribution in [2.24, 2.45) is 0 Å². The lowest BCUT2D eigenvalue weighted by Crippen LogP contribution is -2.23. The molecular weight excluding hydrogens is 344 g/mol. The number of thiazole rings is 1. The first-order valence-electron chi connectivity index (χ1n) is 4.80. The Morgan fingerprint density at radius 1 is 1.56 bits per heavy atom. The fourth-order valence-corrected chi connectivity index (χ4v) is 3.86. The quantitative estimate of drug-likeness (QED) is 0.849. The lowest BCUT2D eigenvalue weighted by atomic mass is 10.5. The third-order valence-corrected chi connectivity index (χ3v) is 5.09. The van der Waals surface area contributed by atoms with Gasteiger partial charge in [-0.05, 0) is 15.9 Å². The molecule has 98 valence electrons. The van der Waals surface area contributed by atoms with Crippen LogP contribution in [0.2, 0.25) is 0 Å². The van der Waals surface area contributed by atoms with Crippen molar-refractivity contribution >= 4 is 37.3 Å². The van der Waals surface area contributed by atoms with Crippen molar-refractivity contribution < 1.29 is 17.9 Å². The predicted molar refractivity (Wildman–Crippen MR) is 68.5 cm³/mol. The summed E-state index contributed by atoms with van der Waals surface area (Å²) in [4.78, 5) is 3.93. The Bertz CT molecular complexity index is 621. The third-order valence-electron chi connectivity index (χ3n) is 2.05. The molecule has 2 rings (SSSR count). The van der Waals surface area contributed by atoms with Gasteiger partial charge in [-0.25, -0.2) is 18.1 Å². The first-order valence-corrected chi connectivity index (χ1v) is 7.95. The molecule has 0 amide bonds. The van der Waals surface area contributed by atoms with E-state index < -0.39 is 10.0 Å². The maximum Gasteiger partial charge on any atom is 0.245 e. The highest BCUT2D eigenvalue weighted by atomic mass is 79.9. The molecule has 0 unspecified atom stereocenters. The molecule has 18 heavy (non-hydrogen) atoms. The van der Waals surface area contributed by atoms with Gasteiger partial charge in [0.2, 0.25) is 10.0 Å². The molecule has 0 atom stereocenters. The lowest BCUT2D eigenvalue weighted by Gasteiger charge is -2.02. The van der Waals surface area contributed by atoms with Crippen molar-refractivity contribution in [2.45, 2.75) is 18.0 Å². The van der Waals surface area contributed by atoms with Crippen LogP contribution in [0.3, 0.4) is 0 Å². The first kappa shape index (κ1) is 13.7. The van der Waals surface area contributed by atoms with Gasteiger partial charge in [-0.15, -0.1) is 11.3 Å². The molecule has 2 aromatic rings. The highest BCUT2D eigenvalue weighted by molar-refractivity contribution is 9.10. The lowest BCUT2D eigenvalue weighted by molar-refractivity contribution is 0.245. The zero-order valence-electron chi connectivity index (χ0n) is 8.96.